The Bertz CT molecular complexity index is 1480. The van der Waals surface area contributed by atoms with E-state index in [1.165, 1.54) is 10.9 Å². The van der Waals surface area contributed by atoms with E-state index in [0.29, 0.717) is 29.4 Å². The maximum absolute atomic E-state index is 13.4. The van der Waals surface area contributed by atoms with E-state index in [1.54, 1.807) is 40.5 Å². The Morgan fingerprint density at radius 2 is 1.82 bits per heavy atom. The third-order valence-electron chi connectivity index (χ3n) is 5.38. The predicted molar refractivity (Wildman–Crippen MR) is 132 cm³/mol. The minimum atomic E-state index is -0.389. The third kappa shape index (κ3) is 4.64. The van der Waals surface area contributed by atoms with Gasteiger partial charge in [-0.05, 0) is 29.1 Å². The molecule has 0 aliphatic rings. The molecule has 0 unspecified atom stereocenters. The number of fused-ring (bicyclic) bond motifs is 1. The Balaban J connectivity index is 1.46. The van der Waals surface area contributed by atoms with Crippen molar-refractivity contribution in [3.63, 3.8) is 0 Å². The lowest BCUT2D eigenvalue weighted by atomic mass is 10.1. The number of benzene rings is 2. The number of rotatable bonds is 7. The van der Waals surface area contributed by atoms with Crippen molar-refractivity contribution in [2.45, 2.75) is 19.6 Å². The first-order valence-electron chi connectivity index (χ1n) is 10.5. The second-order valence-corrected chi connectivity index (χ2v) is 9.18. The SMILES string of the molecule is O=C(Cn1cnc2onc(-c3ccc(Cl)cc3)c2c1=O)N(Cc1ccccc1)Cc1cccs1. The van der Waals surface area contributed by atoms with Gasteiger partial charge in [0.1, 0.15) is 24.0 Å². The number of aromatic nitrogens is 3. The van der Waals surface area contributed by atoms with Gasteiger partial charge in [-0.15, -0.1) is 11.3 Å². The lowest BCUT2D eigenvalue weighted by Crippen LogP contribution is -2.35. The van der Waals surface area contributed by atoms with Crippen LogP contribution >= 0.6 is 22.9 Å². The average Bonchev–Trinajstić information content (AvgIpc) is 3.52. The molecule has 0 radical (unpaired) electrons. The van der Waals surface area contributed by atoms with Gasteiger partial charge in [-0.3, -0.25) is 14.2 Å². The Morgan fingerprint density at radius 3 is 2.56 bits per heavy atom. The van der Waals surface area contributed by atoms with Crippen molar-refractivity contribution in [3.8, 4) is 11.3 Å². The molecule has 3 heterocycles. The van der Waals surface area contributed by atoms with Gasteiger partial charge in [0.25, 0.3) is 11.3 Å². The molecule has 9 heteroatoms. The summed E-state index contributed by atoms with van der Waals surface area (Å²) >= 11 is 7.57. The highest BCUT2D eigenvalue weighted by atomic mass is 35.5. The van der Waals surface area contributed by atoms with Crippen molar-refractivity contribution in [2.75, 3.05) is 0 Å². The molecule has 0 saturated carbocycles. The maximum Gasteiger partial charge on any atom is 0.267 e. The number of hydrogen-bond donors (Lipinski definition) is 0. The van der Waals surface area contributed by atoms with E-state index in [2.05, 4.69) is 10.1 Å². The Morgan fingerprint density at radius 1 is 1.03 bits per heavy atom. The Kier molecular flexibility index (Phi) is 6.24. The van der Waals surface area contributed by atoms with Gasteiger partial charge in [0.2, 0.25) is 5.91 Å². The molecule has 0 spiro atoms. The number of halogens is 1. The number of amides is 1. The smallest absolute Gasteiger partial charge is 0.267 e. The monoisotopic (exact) mass is 490 g/mol. The summed E-state index contributed by atoms with van der Waals surface area (Å²) in [5.74, 6) is -0.190. The molecule has 0 aliphatic heterocycles. The summed E-state index contributed by atoms with van der Waals surface area (Å²) in [5.41, 5.74) is 1.79. The summed E-state index contributed by atoms with van der Waals surface area (Å²) in [5, 5.41) is 6.81. The van der Waals surface area contributed by atoms with Gasteiger partial charge >= 0.3 is 0 Å². The van der Waals surface area contributed by atoms with Crippen LogP contribution in [-0.2, 0) is 24.4 Å². The summed E-state index contributed by atoms with van der Waals surface area (Å²) in [6.45, 7) is 0.746. The molecule has 3 aromatic heterocycles. The molecule has 5 aromatic rings. The van der Waals surface area contributed by atoms with Crippen LogP contribution < -0.4 is 5.56 Å². The van der Waals surface area contributed by atoms with E-state index in [0.717, 1.165) is 10.4 Å². The van der Waals surface area contributed by atoms with Crippen molar-refractivity contribution in [1.82, 2.24) is 19.6 Å². The van der Waals surface area contributed by atoms with Crippen LogP contribution in [0.25, 0.3) is 22.4 Å². The van der Waals surface area contributed by atoms with Crippen LogP contribution in [-0.4, -0.2) is 25.5 Å². The average molecular weight is 491 g/mol. The van der Waals surface area contributed by atoms with Crippen LogP contribution in [0, 0.1) is 0 Å². The zero-order valence-corrected chi connectivity index (χ0v) is 19.5. The summed E-state index contributed by atoms with van der Waals surface area (Å²) < 4.78 is 6.57. The number of carbonyl (C=O) groups excluding carboxylic acids is 1. The summed E-state index contributed by atoms with van der Waals surface area (Å²) in [4.78, 5) is 33.7. The molecule has 0 N–H and O–H groups in total. The fraction of sp³-hybridized carbons (Fsp3) is 0.120. The quantitative estimate of drug-likeness (QED) is 0.321. The first-order valence-corrected chi connectivity index (χ1v) is 11.8. The molecule has 0 saturated heterocycles. The van der Waals surface area contributed by atoms with E-state index in [9.17, 15) is 9.59 Å². The maximum atomic E-state index is 13.4. The zero-order valence-electron chi connectivity index (χ0n) is 17.9. The molecule has 2 aromatic carbocycles. The largest absolute Gasteiger partial charge is 0.335 e. The van der Waals surface area contributed by atoms with Crippen molar-refractivity contribution in [2.24, 2.45) is 0 Å². The molecule has 0 bridgehead atoms. The summed E-state index contributed by atoms with van der Waals surface area (Å²) in [6.07, 6.45) is 1.32. The van der Waals surface area contributed by atoms with Gasteiger partial charge in [-0.25, -0.2) is 4.98 Å². The fourth-order valence-electron chi connectivity index (χ4n) is 3.67. The third-order valence-corrected chi connectivity index (χ3v) is 6.50. The van der Waals surface area contributed by atoms with Crippen LogP contribution in [0.4, 0.5) is 0 Å². The van der Waals surface area contributed by atoms with E-state index in [-0.39, 0.29) is 29.1 Å². The van der Waals surface area contributed by atoms with E-state index in [4.69, 9.17) is 16.1 Å². The Hall–Kier alpha value is -3.75. The fourth-order valence-corrected chi connectivity index (χ4v) is 4.52. The van der Waals surface area contributed by atoms with Gasteiger partial charge in [-0.1, -0.05) is 65.3 Å². The van der Waals surface area contributed by atoms with Gasteiger partial charge in [0.15, 0.2) is 0 Å². The molecule has 1 amide bonds. The van der Waals surface area contributed by atoms with Crippen LogP contribution in [0.3, 0.4) is 0 Å². The first kappa shape index (κ1) is 22.1. The highest BCUT2D eigenvalue weighted by molar-refractivity contribution is 7.09. The van der Waals surface area contributed by atoms with Gasteiger partial charge in [0.05, 0.1) is 6.54 Å². The molecular formula is C25H19ClN4O3S. The standard InChI is InChI=1S/C25H19ClN4O3S/c26-19-10-8-18(9-11-19)23-22-24(33-28-23)27-16-30(25(22)32)15-21(31)29(14-20-7-4-12-34-20)13-17-5-2-1-3-6-17/h1-12,16H,13-15H2. The van der Waals surface area contributed by atoms with Gasteiger partial charge < -0.3 is 9.42 Å². The number of nitrogens with zero attached hydrogens (tertiary/aromatic N) is 4. The predicted octanol–water partition coefficient (Wildman–Crippen LogP) is 5.00. The number of thiophene rings is 1. The first-order chi connectivity index (χ1) is 16.6. The highest BCUT2D eigenvalue weighted by Gasteiger charge is 2.20. The zero-order chi connectivity index (χ0) is 23.5. The van der Waals surface area contributed by atoms with E-state index >= 15 is 0 Å². The summed E-state index contributed by atoms with van der Waals surface area (Å²) in [7, 11) is 0. The topological polar surface area (TPSA) is 81.2 Å². The highest BCUT2D eigenvalue weighted by Crippen LogP contribution is 2.25. The second kappa shape index (κ2) is 9.62. The lowest BCUT2D eigenvalue weighted by molar-refractivity contribution is -0.133. The molecule has 0 aliphatic carbocycles. The number of hydrogen-bond acceptors (Lipinski definition) is 6. The second-order valence-electron chi connectivity index (χ2n) is 7.71. The molecule has 5 rings (SSSR count). The van der Waals surface area contributed by atoms with Gasteiger partial charge in [-0.2, -0.15) is 0 Å². The number of carbonyl (C=O) groups is 1. The van der Waals surface area contributed by atoms with Crippen LogP contribution in [0.5, 0.6) is 0 Å². The lowest BCUT2D eigenvalue weighted by Gasteiger charge is -2.22. The van der Waals surface area contributed by atoms with E-state index in [1.807, 2.05) is 47.8 Å². The molecular weight excluding hydrogens is 472 g/mol. The molecule has 170 valence electrons. The van der Waals surface area contributed by atoms with Crippen molar-refractivity contribution < 1.29 is 9.32 Å². The molecule has 34 heavy (non-hydrogen) atoms. The Labute approximate surface area is 203 Å². The molecule has 0 fully saturated rings. The van der Waals surface area contributed by atoms with Gasteiger partial charge in [0, 0.05) is 22.0 Å². The molecule has 7 nitrogen and oxygen atoms in total. The van der Waals surface area contributed by atoms with Crippen LogP contribution in [0.2, 0.25) is 5.02 Å². The van der Waals surface area contributed by atoms with Crippen molar-refractivity contribution in [1.29, 1.82) is 0 Å². The minimum Gasteiger partial charge on any atom is -0.335 e. The minimum absolute atomic E-state index is 0.123. The van der Waals surface area contributed by atoms with Crippen LogP contribution in [0.1, 0.15) is 10.4 Å². The van der Waals surface area contributed by atoms with Crippen molar-refractivity contribution in [3.05, 3.63) is 104 Å². The summed E-state index contributed by atoms with van der Waals surface area (Å²) in [6, 6.07) is 20.6. The van der Waals surface area contributed by atoms with Crippen LogP contribution in [0.15, 0.2) is 87.8 Å². The normalized spacial score (nSPS) is 11.1. The van der Waals surface area contributed by atoms with E-state index < -0.39 is 0 Å². The molecule has 0 atom stereocenters. The van der Waals surface area contributed by atoms with Crippen molar-refractivity contribution >= 4 is 39.9 Å².